The first-order chi connectivity index (χ1) is 7.72. The van der Waals surface area contributed by atoms with Crippen LogP contribution in [0, 0.1) is 6.92 Å². The van der Waals surface area contributed by atoms with Crippen molar-refractivity contribution in [2.75, 3.05) is 6.61 Å². The van der Waals surface area contributed by atoms with E-state index in [-0.39, 0.29) is 0 Å². The quantitative estimate of drug-likeness (QED) is 0.685. The van der Waals surface area contributed by atoms with Crippen molar-refractivity contribution in [2.45, 2.75) is 40.0 Å². The van der Waals surface area contributed by atoms with E-state index in [4.69, 9.17) is 4.74 Å². The molecule has 0 unspecified atom stereocenters. The van der Waals surface area contributed by atoms with Crippen LogP contribution in [-0.2, 0) is 6.42 Å². The lowest BCUT2D eigenvalue weighted by molar-refractivity contribution is 0.316. The van der Waals surface area contributed by atoms with Gasteiger partial charge in [0.1, 0.15) is 5.75 Å². The third kappa shape index (κ3) is 2.13. The molecule has 1 heteroatoms. The largest absolute Gasteiger partial charge is 0.493 e. The molecular formula is C15H20O. The van der Waals surface area contributed by atoms with E-state index < -0.39 is 0 Å². The third-order valence-corrected chi connectivity index (χ3v) is 3.29. The summed E-state index contributed by atoms with van der Waals surface area (Å²) in [6.45, 7) is 7.29. The summed E-state index contributed by atoms with van der Waals surface area (Å²) in [5.41, 5.74) is 5.42. The number of hydrogen-bond acceptors (Lipinski definition) is 1. The van der Waals surface area contributed by atoms with Gasteiger partial charge in [0.15, 0.2) is 0 Å². The minimum Gasteiger partial charge on any atom is -0.493 e. The van der Waals surface area contributed by atoms with Crippen LogP contribution in [0.2, 0.25) is 0 Å². The first-order valence-corrected chi connectivity index (χ1v) is 6.12. The number of hydrogen-bond donors (Lipinski definition) is 0. The summed E-state index contributed by atoms with van der Waals surface area (Å²) in [4.78, 5) is 0. The second-order valence-electron chi connectivity index (χ2n) is 4.57. The summed E-state index contributed by atoms with van der Waals surface area (Å²) >= 11 is 0. The second kappa shape index (κ2) is 4.73. The molecule has 2 rings (SSSR count). The van der Waals surface area contributed by atoms with Crippen molar-refractivity contribution < 1.29 is 4.74 Å². The molecule has 1 aromatic carbocycles. The van der Waals surface area contributed by atoms with Gasteiger partial charge in [-0.3, -0.25) is 0 Å². The van der Waals surface area contributed by atoms with E-state index >= 15 is 0 Å². The molecule has 1 heterocycles. The maximum absolute atomic E-state index is 5.84. The summed E-state index contributed by atoms with van der Waals surface area (Å²) in [5, 5.41) is 0. The highest BCUT2D eigenvalue weighted by Gasteiger charge is 2.14. The molecule has 16 heavy (non-hydrogen) atoms. The van der Waals surface area contributed by atoms with Gasteiger partial charge in [0, 0.05) is 5.56 Å². The highest BCUT2D eigenvalue weighted by Crippen LogP contribution is 2.32. The van der Waals surface area contributed by atoms with E-state index in [2.05, 4.69) is 39.0 Å². The van der Waals surface area contributed by atoms with E-state index in [1.165, 1.54) is 35.1 Å². The van der Waals surface area contributed by atoms with Gasteiger partial charge in [0.25, 0.3) is 0 Å². The van der Waals surface area contributed by atoms with E-state index in [9.17, 15) is 0 Å². The molecule has 0 atom stereocenters. The number of benzene rings is 1. The Morgan fingerprint density at radius 1 is 1.31 bits per heavy atom. The van der Waals surface area contributed by atoms with E-state index in [0.717, 1.165) is 18.8 Å². The Labute approximate surface area is 98.1 Å². The minimum atomic E-state index is 0.866. The first-order valence-electron chi connectivity index (χ1n) is 6.12. The van der Waals surface area contributed by atoms with Crippen LogP contribution in [0.3, 0.4) is 0 Å². The molecule has 1 aromatic rings. The van der Waals surface area contributed by atoms with Gasteiger partial charge in [0.2, 0.25) is 0 Å². The van der Waals surface area contributed by atoms with E-state index in [1.54, 1.807) is 0 Å². The fourth-order valence-corrected chi connectivity index (χ4v) is 2.26. The minimum absolute atomic E-state index is 0.866. The summed E-state index contributed by atoms with van der Waals surface area (Å²) in [7, 11) is 0. The van der Waals surface area contributed by atoms with Crippen molar-refractivity contribution >= 4 is 5.57 Å². The average Bonchev–Trinajstić information content (AvgIpc) is 2.51. The monoisotopic (exact) mass is 216 g/mol. The number of fused-ring (bicyclic) bond motifs is 1. The second-order valence-corrected chi connectivity index (χ2v) is 4.57. The molecule has 0 radical (unpaired) electrons. The van der Waals surface area contributed by atoms with Crippen LogP contribution in [0.5, 0.6) is 5.75 Å². The molecule has 0 spiro atoms. The van der Waals surface area contributed by atoms with Gasteiger partial charge in [-0.2, -0.15) is 0 Å². The lowest BCUT2D eigenvalue weighted by Crippen LogP contribution is -1.98. The SMILES string of the molecule is C/C=C(/C)c1cc(C)cc2c1CCCCO2. The van der Waals surface area contributed by atoms with Crippen molar-refractivity contribution in [1.82, 2.24) is 0 Å². The zero-order valence-corrected chi connectivity index (χ0v) is 10.5. The number of aryl methyl sites for hydroxylation is 1. The molecule has 1 nitrogen and oxygen atoms in total. The molecule has 1 aliphatic heterocycles. The van der Waals surface area contributed by atoms with Crippen LogP contribution in [0.4, 0.5) is 0 Å². The van der Waals surface area contributed by atoms with Crippen LogP contribution in [0.25, 0.3) is 5.57 Å². The van der Waals surface area contributed by atoms with Crippen LogP contribution in [0.15, 0.2) is 18.2 Å². The van der Waals surface area contributed by atoms with Crippen molar-refractivity contribution in [2.24, 2.45) is 0 Å². The predicted molar refractivity (Wildman–Crippen MR) is 68.9 cm³/mol. The van der Waals surface area contributed by atoms with Gasteiger partial charge in [-0.25, -0.2) is 0 Å². The molecular weight excluding hydrogens is 196 g/mol. The zero-order chi connectivity index (χ0) is 11.5. The van der Waals surface area contributed by atoms with Crippen LogP contribution in [-0.4, -0.2) is 6.61 Å². The Morgan fingerprint density at radius 3 is 2.88 bits per heavy atom. The average molecular weight is 216 g/mol. The van der Waals surface area contributed by atoms with Crippen molar-refractivity contribution in [3.63, 3.8) is 0 Å². The van der Waals surface area contributed by atoms with Gasteiger partial charge >= 0.3 is 0 Å². The molecule has 0 amide bonds. The highest BCUT2D eigenvalue weighted by atomic mass is 16.5. The van der Waals surface area contributed by atoms with Crippen molar-refractivity contribution in [3.8, 4) is 5.75 Å². The normalized spacial score (nSPS) is 16.3. The van der Waals surface area contributed by atoms with Gasteiger partial charge in [-0.1, -0.05) is 12.1 Å². The number of ether oxygens (including phenoxy) is 1. The van der Waals surface area contributed by atoms with Crippen LogP contribution >= 0.6 is 0 Å². The Kier molecular flexibility index (Phi) is 3.33. The Hall–Kier alpha value is -1.24. The standard InChI is InChI=1S/C15H20O/c1-4-12(3)14-9-11(2)10-15-13(14)7-5-6-8-16-15/h4,9-10H,5-8H2,1-3H3/b12-4-. The molecule has 0 saturated heterocycles. The Morgan fingerprint density at radius 2 is 2.12 bits per heavy atom. The number of allylic oxidation sites excluding steroid dienone is 2. The lowest BCUT2D eigenvalue weighted by atomic mass is 9.94. The Bertz CT molecular complexity index is 416. The maximum Gasteiger partial charge on any atom is 0.123 e. The Balaban J connectivity index is 2.55. The lowest BCUT2D eigenvalue weighted by Gasteiger charge is -2.14. The molecule has 0 fully saturated rings. The summed E-state index contributed by atoms with van der Waals surface area (Å²) in [6, 6.07) is 4.45. The zero-order valence-electron chi connectivity index (χ0n) is 10.5. The van der Waals surface area contributed by atoms with E-state index in [0.29, 0.717) is 0 Å². The topological polar surface area (TPSA) is 9.23 Å². The molecule has 0 saturated carbocycles. The first kappa shape index (κ1) is 11.3. The fraction of sp³-hybridized carbons (Fsp3) is 0.467. The van der Waals surface area contributed by atoms with Gasteiger partial charge < -0.3 is 4.74 Å². The van der Waals surface area contributed by atoms with Crippen LogP contribution in [0.1, 0.15) is 43.4 Å². The molecule has 0 aliphatic carbocycles. The van der Waals surface area contributed by atoms with Crippen molar-refractivity contribution in [3.05, 3.63) is 34.9 Å². The van der Waals surface area contributed by atoms with Gasteiger partial charge in [-0.15, -0.1) is 0 Å². The fourth-order valence-electron chi connectivity index (χ4n) is 2.26. The summed E-state index contributed by atoms with van der Waals surface area (Å²) in [5.74, 6) is 1.11. The van der Waals surface area contributed by atoms with E-state index in [1.807, 2.05) is 0 Å². The summed E-state index contributed by atoms with van der Waals surface area (Å²) < 4.78 is 5.84. The smallest absolute Gasteiger partial charge is 0.123 e. The maximum atomic E-state index is 5.84. The molecule has 86 valence electrons. The molecule has 1 aliphatic rings. The molecule has 0 bridgehead atoms. The van der Waals surface area contributed by atoms with Crippen molar-refractivity contribution in [1.29, 1.82) is 0 Å². The molecule has 0 N–H and O–H groups in total. The van der Waals surface area contributed by atoms with Gasteiger partial charge in [-0.05, 0) is 62.8 Å². The highest BCUT2D eigenvalue weighted by molar-refractivity contribution is 5.69. The van der Waals surface area contributed by atoms with Gasteiger partial charge in [0.05, 0.1) is 6.61 Å². The predicted octanol–water partition coefficient (Wildman–Crippen LogP) is 4.13. The number of rotatable bonds is 1. The third-order valence-electron chi connectivity index (χ3n) is 3.29. The summed E-state index contributed by atoms with van der Waals surface area (Å²) in [6.07, 6.45) is 5.73. The molecule has 0 aromatic heterocycles. The van der Waals surface area contributed by atoms with Crippen LogP contribution < -0.4 is 4.74 Å².